The number of aryl methyl sites for hydroxylation is 1. The molecule has 3 aromatic heterocycles. The van der Waals surface area contributed by atoms with Crippen molar-refractivity contribution in [3.05, 3.63) is 60.3 Å². The van der Waals surface area contributed by atoms with E-state index in [1.807, 2.05) is 23.9 Å². The van der Waals surface area contributed by atoms with E-state index in [0.29, 0.717) is 11.8 Å². The number of fused-ring (bicyclic) bond motifs is 1. The first-order valence-electron chi connectivity index (χ1n) is 8.72. The fourth-order valence-electron chi connectivity index (χ4n) is 3.26. The molecule has 0 unspecified atom stereocenters. The Balaban J connectivity index is 1.47. The van der Waals surface area contributed by atoms with Crippen molar-refractivity contribution in [2.24, 2.45) is 0 Å². The van der Waals surface area contributed by atoms with Crippen molar-refractivity contribution in [3.8, 4) is 5.69 Å². The van der Waals surface area contributed by atoms with Crippen LogP contribution in [0.5, 0.6) is 0 Å². The second-order valence-corrected chi connectivity index (χ2v) is 6.62. The minimum Gasteiger partial charge on any atom is -0.349 e. The second-order valence-electron chi connectivity index (χ2n) is 6.62. The number of hydrogen-bond acceptors (Lipinski definition) is 6. The van der Waals surface area contributed by atoms with Crippen molar-refractivity contribution < 1.29 is 4.52 Å². The highest BCUT2D eigenvalue weighted by molar-refractivity contribution is 5.88. The summed E-state index contributed by atoms with van der Waals surface area (Å²) in [7, 11) is 0. The molecule has 1 aliphatic carbocycles. The monoisotopic (exact) mass is 346 g/mol. The summed E-state index contributed by atoms with van der Waals surface area (Å²) in [6.45, 7) is 2.73. The van der Waals surface area contributed by atoms with Crippen LogP contribution in [0.15, 0.2) is 53.6 Å². The lowest BCUT2D eigenvalue weighted by Gasteiger charge is -2.24. The van der Waals surface area contributed by atoms with Gasteiger partial charge in [-0.2, -0.15) is 10.1 Å². The van der Waals surface area contributed by atoms with Crippen LogP contribution in [0.1, 0.15) is 24.1 Å². The smallest absolute Gasteiger partial charge is 0.263 e. The molecule has 0 bridgehead atoms. The average molecular weight is 346 g/mol. The van der Waals surface area contributed by atoms with Gasteiger partial charge < -0.3 is 9.42 Å². The maximum absolute atomic E-state index is 5.31. The van der Waals surface area contributed by atoms with Crippen molar-refractivity contribution in [1.82, 2.24) is 24.9 Å². The normalized spacial score (nSPS) is 14.0. The van der Waals surface area contributed by atoms with Gasteiger partial charge in [0.15, 0.2) is 0 Å². The van der Waals surface area contributed by atoms with Crippen LogP contribution in [0, 0.1) is 6.92 Å². The summed E-state index contributed by atoms with van der Waals surface area (Å²) in [4.78, 5) is 11.1. The van der Waals surface area contributed by atoms with Crippen molar-refractivity contribution in [1.29, 1.82) is 0 Å². The zero-order valence-corrected chi connectivity index (χ0v) is 14.4. The van der Waals surface area contributed by atoms with Gasteiger partial charge in [-0.3, -0.25) is 0 Å². The summed E-state index contributed by atoms with van der Waals surface area (Å²) in [5.41, 5.74) is 3.66. The topological polar surface area (TPSA) is 72.9 Å². The van der Waals surface area contributed by atoms with Crippen molar-refractivity contribution in [2.75, 3.05) is 4.90 Å². The van der Waals surface area contributed by atoms with Gasteiger partial charge in [0.25, 0.3) is 5.71 Å². The van der Waals surface area contributed by atoms with E-state index in [2.05, 4.69) is 49.4 Å². The molecule has 1 aliphatic rings. The van der Waals surface area contributed by atoms with Crippen LogP contribution < -0.4 is 4.90 Å². The first-order valence-corrected chi connectivity index (χ1v) is 8.72. The minimum atomic E-state index is 0.508. The first kappa shape index (κ1) is 15.1. The lowest BCUT2D eigenvalue weighted by Crippen LogP contribution is -2.26. The number of hydrogen-bond donors (Lipinski definition) is 0. The molecule has 0 aliphatic heterocycles. The number of anilines is 1. The average Bonchev–Trinajstić information content (AvgIpc) is 3.22. The fraction of sp³-hybridized carbons (Fsp3) is 0.263. The molecule has 0 radical (unpaired) electrons. The third-order valence-electron chi connectivity index (χ3n) is 4.74. The maximum Gasteiger partial charge on any atom is 0.263 e. The van der Waals surface area contributed by atoms with Gasteiger partial charge in [-0.25, -0.2) is 9.67 Å². The maximum atomic E-state index is 5.31. The summed E-state index contributed by atoms with van der Waals surface area (Å²) in [5.74, 6) is 0.910. The van der Waals surface area contributed by atoms with Gasteiger partial charge in [-0.1, -0.05) is 17.3 Å². The second kappa shape index (κ2) is 5.94. The lowest BCUT2D eigenvalue weighted by atomic mass is 10.1. The summed E-state index contributed by atoms with van der Waals surface area (Å²) < 4.78 is 7.17. The Morgan fingerprint density at radius 3 is 2.77 bits per heavy atom. The number of aromatic nitrogens is 5. The molecule has 0 N–H and O–H groups in total. The number of nitrogens with zero attached hydrogens (tertiary/aromatic N) is 6. The van der Waals surface area contributed by atoms with Crippen LogP contribution in [-0.2, 0) is 6.54 Å². The molecular weight excluding hydrogens is 328 g/mol. The van der Waals surface area contributed by atoms with Gasteiger partial charge in [-0.05, 0) is 43.5 Å². The Morgan fingerprint density at radius 2 is 2.04 bits per heavy atom. The zero-order valence-electron chi connectivity index (χ0n) is 14.4. The fourth-order valence-corrected chi connectivity index (χ4v) is 3.26. The van der Waals surface area contributed by atoms with Gasteiger partial charge in [0, 0.05) is 25.0 Å². The van der Waals surface area contributed by atoms with Crippen molar-refractivity contribution in [2.45, 2.75) is 32.4 Å². The highest BCUT2D eigenvalue weighted by Crippen LogP contribution is 2.36. The molecule has 3 heterocycles. The quantitative estimate of drug-likeness (QED) is 0.552. The van der Waals surface area contributed by atoms with Crippen LogP contribution in [-0.4, -0.2) is 30.9 Å². The van der Waals surface area contributed by atoms with E-state index < -0.39 is 0 Å². The van der Waals surface area contributed by atoms with Gasteiger partial charge in [0.05, 0.1) is 11.4 Å². The number of rotatable bonds is 5. The molecule has 26 heavy (non-hydrogen) atoms. The molecule has 1 fully saturated rings. The Labute approximate surface area is 150 Å². The third kappa shape index (κ3) is 2.61. The highest BCUT2D eigenvalue weighted by atomic mass is 16.5. The van der Waals surface area contributed by atoms with Crippen LogP contribution in [0.3, 0.4) is 0 Å². The zero-order chi connectivity index (χ0) is 17.5. The minimum absolute atomic E-state index is 0.508. The molecule has 4 aromatic rings. The molecule has 7 heteroatoms. The summed E-state index contributed by atoms with van der Waals surface area (Å²) in [6, 6.07) is 10.9. The SMILES string of the molecule is Cc1noc2ncnc(N(Cc3ccc(-n4cccn4)cc3)C3CC3)c12. The largest absolute Gasteiger partial charge is 0.349 e. The van der Waals surface area contributed by atoms with Crippen LogP contribution in [0.4, 0.5) is 5.82 Å². The van der Waals surface area contributed by atoms with Gasteiger partial charge >= 0.3 is 0 Å². The Bertz CT molecular complexity index is 1030. The van der Waals surface area contributed by atoms with Gasteiger partial charge in [0.2, 0.25) is 0 Å². The molecule has 0 atom stereocenters. The molecule has 5 rings (SSSR count). The molecule has 0 amide bonds. The molecule has 1 aromatic carbocycles. The van der Waals surface area contributed by atoms with Gasteiger partial charge in [0.1, 0.15) is 17.5 Å². The van der Waals surface area contributed by atoms with Crippen LogP contribution in [0.2, 0.25) is 0 Å². The van der Waals surface area contributed by atoms with Crippen molar-refractivity contribution >= 4 is 16.9 Å². The summed E-state index contributed by atoms with van der Waals surface area (Å²) in [6.07, 6.45) is 7.64. The van der Waals surface area contributed by atoms with Gasteiger partial charge in [-0.15, -0.1) is 0 Å². The standard InChI is InChI=1S/C19H18N6O/c1-13-17-18(20-12-21-19(17)26-23-13)24(15-7-8-15)11-14-3-5-16(6-4-14)25-10-2-9-22-25/h2-6,9-10,12,15H,7-8,11H2,1H3. The van der Waals surface area contributed by atoms with E-state index in [-0.39, 0.29) is 0 Å². The summed E-state index contributed by atoms with van der Waals surface area (Å²) in [5, 5.41) is 9.23. The predicted octanol–water partition coefficient (Wildman–Crippen LogP) is 3.28. The third-order valence-corrected chi connectivity index (χ3v) is 4.74. The lowest BCUT2D eigenvalue weighted by molar-refractivity contribution is 0.442. The predicted molar refractivity (Wildman–Crippen MR) is 97.1 cm³/mol. The Morgan fingerprint density at radius 1 is 1.19 bits per heavy atom. The van der Waals surface area contributed by atoms with Crippen LogP contribution in [0.25, 0.3) is 16.8 Å². The molecular formula is C19H18N6O. The van der Waals surface area contributed by atoms with Crippen molar-refractivity contribution in [3.63, 3.8) is 0 Å². The molecule has 7 nitrogen and oxygen atoms in total. The Hall–Kier alpha value is -3.22. The van der Waals surface area contributed by atoms with E-state index in [1.165, 1.54) is 18.4 Å². The first-order chi connectivity index (χ1) is 12.8. The van der Waals surface area contributed by atoms with E-state index in [9.17, 15) is 0 Å². The van der Waals surface area contributed by atoms with E-state index >= 15 is 0 Å². The Kier molecular flexibility index (Phi) is 3.44. The van der Waals surface area contributed by atoms with E-state index in [0.717, 1.165) is 29.1 Å². The molecule has 0 spiro atoms. The number of benzene rings is 1. The van der Waals surface area contributed by atoms with Crippen LogP contribution >= 0.6 is 0 Å². The van der Waals surface area contributed by atoms with E-state index in [1.54, 1.807) is 12.5 Å². The summed E-state index contributed by atoms with van der Waals surface area (Å²) >= 11 is 0. The molecule has 1 saturated carbocycles. The highest BCUT2D eigenvalue weighted by Gasteiger charge is 2.32. The van der Waals surface area contributed by atoms with E-state index in [4.69, 9.17) is 4.52 Å². The molecule has 130 valence electrons. The molecule has 0 saturated heterocycles.